The molecule has 0 radical (unpaired) electrons. The van der Waals surface area contributed by atoms with Gasteiger partial charge in [-0.25, -0.2) is 4.98 Å². The van der Waals surface area contributed by atoms with Crippen LogP contribution < -0.4 is 0 Å². The standard InChI is InChI=1S/C14H21N3O3/c1-3-17-12(15-10-16-17)9-14(13(19)20-4-2)8-6-5-7-11(14)18/h10H,3-9H2,1-2H3. The molecule has 1 heterocycles. The first-order chi connectivity index (χ1) is 9.64. The lowest BCUT2D eigenvalue weighted by atomic mass is 9.70. The van der Waals surface area contributed by atoms with Gasteiger partial charge in [-0.1, -0.05) is 6.42 Å². The highest BCUT2D eigenvalue weighted by Crippen LogP contribution is 2.37. The Labute approximate surface area is 118 Å². The maximum Gasteiger partial charge on any atom is 0.320 e. The Bertz CT molecular complexity index is 498. The van der Waals surface area contributed by atoms with E-state index in [0.717, 1.165) is 12.8 Å². The number of hydrogen-bond donors (Lipinski definition) is 0. The van der Waals surface area contributed by atoms with Gasteiger partial charge in [0, 0.05) is 19.4 Å². The summed E-state index contributed by atoms with van der Waals surface area (Å²) in [6, 6.07) is 0. The third kappa shape index (κ3) is 2.59. The van der Waals surface area contributed by atoms with E-state index in [0.29, 0.717) is 31.6 Å². The summed E-state index contributed by atoms with van der Waals surface area (Å²) in [5.74, 6) is 0.249. The number of aryl methyl sites for hydroxylation is 1. The second kappa shape index (κ2) is 6.15. The molecule has 0 bridgehead atoms. The largest absolute Gasteiger partial charge is 0.465 e. The van der Waals surface area contributed by atoms with Crippen LogP contribution in [0.2, 0.25) is 0 Å². The fourth-order valence-corrected chi connectivity index (χ4v) is 2.79. The molecule has 1 saturated carbocycles. The number of Topliss-reactive ketones (excluding diaryl/α,β-unsaturated/α-hetero) is 1. The highest BCUT2D eigenvalue weighted by atomic mass is 16.5. The van der Waals surface area contributed by atoms with Crippen molar-refractivity contribution < 1.29 is 14.3 Å². The van der Waals surface area contributed by atoms with Gasteiger partial charge in [0.1, 0.15) is 17.6 Å². The van der Waals surface area contributed by atoms with Gasteiger partial charge in [0.25, 0.3) is 0 Å². The van der Waals surface area contributed by atoms with Crippen LogP contribution in [0.5, 0.6) is 0 Å². The van der Waals surface area contributed by atoms with Crippen LogP contribution >= 0.6 is 0 Å². The van der Waals surface area contributed by atoms with Gasteiger partial charge in [-0.2, -0.15) is 5.10 Å². The van der Waals surface area contributed by atoms with Crippen molar-refractivity contribution in [3.8, 4) is 0 Å². The molecule has 0 aromatic carbocycles. The second-order valence-corrected chi connectivity index (χ2v) is 5.10. The number of rotatable bonds is 5. The van der Waals surface area contributed by atoms with Crippen LogP contribution in [0.25, 0.3) is 0 Å². The Morgan fingerprint density at radius 2 is 2.25 bits per heavy atom. The number of ketones is 1. The Morgan fingerprint density at radius 1 is 1.45 bits per heavy atom. The van der Waals surface area contributed by atoms with Crippen LogP contribution in [0.4, 0.5) is 0 Å². The number of aromatic nitrogens is 3. The lowest BCUT2D eigenvalue weighted by Gasteiger charge is -2.32. The monoisotopic (exact) mass is 279 g/mol. The third-order valence-electron chi connectivity index (χ3n) is 3.91. The minimum absolute atomic E-state index is 0.0205. The zero-order chi connectivity index (χ0) is 14.6. The molecule has 1 aliphatic carbocycles. The van der Waals surface area contributed by atoms with Crippen LogP contribution in [0, 0.1) is 5.41 Å². The van der Waals surface area contributed by atoms with Crippen molar-refractivity contribution in [2.45, 2.75) is 52.5 Å². The maximum absolute atomic E-state index is 12.4. The highest BCUT2D eigenvalue weighted by molar-refractivity contribution is 6.04. The number of hydrogen-bond acceptors (Lipinski definition) is 5. The van der Waals surface area contributed by atoms with E-state index in [1.807, 2.05) is 6.92 Å². The van der Waals surface area contributed by atoms with Crippen molar-refractivity contribution in [1.29, 1.82) is 0 Å². The van der Waals surface area contributed by atoms with Crippen molar-refractivity contribution >= 4 is 11.8 Å². The van der Waals surface area contributed by atoms with Crippen molar-refractivity contribution in [2.75, 3.05) is 6.61 Å². The summed E-state index contributed by atoms with van der Waals surface area (Å²) in [6.07, 6.45) is 4.45. The van der Waals surface area contributed by atoms with Crippen LogP contribution in [0.15, 0.2) is 6.33 Å². The molecule has 1 aromatic rings. The van der Waals surface area contributed by atoms with Crippen LogP contribution in [0.1, 0.15) is 45.4 Å². The number of ether oxygens (including phenoxy) is 1. The minimum Gasteiger partial charge on any atom is -0.465 e. The summed E-state index contributed by atoms with van der Waals surface area (Å²) < 4.78 is 6.89. The van der Waals surface area contributed by atoms with Crippen molar-refractivity contribution in [3.63, 3.8) is 0 Å². The smallest absolute Gasteiger partial charge is 0.320 e. The minimum atomic E-state index is -1.06. The lowest BCUT2D eigenvalue weighted by Crippen LogP contribution is -2.45. The van der Waals surface area contributed by atoms with Gasteiger partial charge in [0.2, 0.25) is 0 Å². The number of nitrogens with zero attached hydrogens (tertiary/aromatic N) is 3. The van der Waals surface area contributed by atoms with E-state index < -0.39 is 11.4 Å². The molecular weight excluding hydrogens is 258 g/mol. The lowest BCUT2D eigenvalue weighted by molar-refractivity contribution is -0.162. The molecule has 0 spiro atoms. The molecule has 0 aliphatic heterocycles. The molecule has 6 heteroatoms. The van der Waals surface area contributed by atoms with Gasteiger partial charge in [-0.3, -0.25) is 14.3 Å². The molecule has 1 fully saturated rings. The van der Waals surface area contributed by atoms with Gasteiger partial charge < -0.3 is 4.74 Å². The molecule has 1 atom stereocenters. The first-order valence-corrected chi connectivity index (χ1v) is 7.21. The Kier molecular flexibility index (Phi) is 4.52. The number of carbonyl (C=O) groups is 2. The third-order valence-corrected chi connectivity index (χ3v) is 3.91. The zero-order valence-corrected chi connectivity index (χ0v) is 12.1. The average molecular weight is 279 g/mol. The molecule has 0 saturated heterocycles. The van der Waals surface area contributed by atoms with Crippen LogP contribution in [-0.2, 0) is 27.3 Å². The molecule has 20 heavy (non-hydrogen) atoms. The summed E-state index contributed by atoms with van der Waals surface area (Å²) in [7, 11) is 0. The number of carbonyl (C=O) groups excluding carboxylic acids is 2. The summed E-state index contributed by atoms with van der Waals surface area (Å²) in [4.78, 5) is 29.0. The molecule has 6 nitrogen and oxygen atoms in total. The van der Waals surface area contributed by atoms with Crippen LogP contribution in [-0.4, -0.2) is 33.1 Å². The van der Waals surface area contributed by atoms with Gasteiger partial charge in [-0.05, 0) is 26.7 Å². The van der Waals surface area contributed by atoms with Gasteiger partial charge in [0.15, 0.2) is 5.78 Å². The quantitative estimate of drug-likeness (QED) is 0.603. The van der Waals surface area contributed by atoms with Crippen molar-refractivity contribution in [1.82, 2.24) is 14.8 Å². The van der Waals surface area contributed by atoms with E-state index in [-0.39, 0.29) is 12.4 Å². The van der Waals surface area contributed by atoms with E-state index in [1.54, 1.807) is 11.6 Å². The normalized spacial score (nSPS) is 22.8. The molecule has 1 aromatic heterocycles. The van der Waals surface area contributed by atoms with E-state index in [4.69, 9.17) is 4.74 Å². The van der Waals surface area contributed by atoms with E-state index in [2.05, 4.69) is 10.1 Å². The Balaban J connectivity index is 2.31. The molecule has 1 aliphatic rings. The summed E-state index contributed by atoms with van der Waals surface area (Å²) >= 11 is 0. The fraction of sp³-hybridized carbons (Fsp3) is 0.714. The molecule has 2 rings (SSSR count). The first kappa shape index (κ1) is 14.7. The van der Waals surface area contributed by atoms with E-state index in [9.17, 15) is 9.59 Å². The molecule has 0 amide bonds. The van der Waals surface area contributed by atoms with Gasteiger partial charge >= 0.3 is 5.97 Å². The summed E-state index contributed by atoms with van der Waals surface area (Å²) in [5, 5.41) is 4.10. The second-order valence-electron chi connectivity index (χ2n) is 5.10. The molecule has 1 unspecified atom stereocenters. The average Bonchev–Trinajstić information content (AvgIpc) is 2.88. The summed E-state index contributed by atoms with van der Waals surface area (Å²) in [5.41, 5.74) is -1.06. The van der Waals surface area contributed by atoms with Gasteiger partial charge in [-0.15, -0.1) is 0 Å². The topological polar surface area (TPSA) is 74.1 Å². The number of esters is 1. The molecule has 110 valence electrons. The fourth-order valence-electron chi connectivity index (χ4n) is 2.79. The van der Waals surface area contributed by atoms with Crippen LogP contribution in [0.3, 0.4) is 0 Å². The zero-order valence-electron chi connectivity index (χ0n) is 12.1. The summed E-state index contributed by atoms with van der Waals surface area (Å²) in [6.45, 7) is 4.67. The Morgan fingerprint density at radius 3 is 2.90 bits per heavy atom. The highest BCUT2D eigenvalue weighted by Gasteiger charge is 2.48. The van der Waals surface area contributed by atoms with Crippen molar-refractivity contribution in [3.05, 3.63) is 12.2 Å². The maximum atomic E-state index is 12.4. The predicted octanol–water partition coefficient (Wildman–Crippen LogP) is 1.53. The predicted molar refractivity (Wildman–Crippen MR) is 71.9 cm³/mol. The SMILES string of the molecule is CCOC(=O)C1(Cc2ncnn2CC)CCCCC1=O. The van der Waals surface area contributed by atoms with Gasteiger partial charge in [0.05, 0.1) is 6.61 Å². The van der Waals surface area contributed by atoms with E-state index >= 15 is 0 Å². The molecular formula is C14H21N3O3. The first-order valence-electron chi connectivity index (χ1n) is 7.21. The molecule has 0 N–H and O–H groups in total. The Hall–Kier alpha value is -1.72. The van der Waals surface area contributed by atoms with E-state index in [1.165, 1.54) is 6.33 Å². The van der Waals surface area contributed by atoms with Crippen molar-refractivity contribution in [2.24, 2.45) is 5.41 Å².